The molecule has 0 aromatic rings. The molecule has 11 heavy (non-hydrogen) atoms. The van der Waals surface area contributed by atoms with E-state index in [4.69, 9.17) is 5.11 Å². The Labute approximate surface area is 67.3 Å². The van der Waals surface area contributed by atoms with Gasteiger partial charge in [0.15, 0.2) is 0 Å². The molecule has 0 aliphatic heterocycles. The molecular formula is C7H14O3S. The molecule has 4 heteroatoms. The topological polar surface area (TPSA) is 54.4 Å². The van der Waals surface area contributed by atoms with Crippen molar-refractivity contribution in [3.63, 3.8) is 0 Å². The van der Waals surface area contributed by atoms with Gasteiger partial charge in [-0.15, -0.1) is 0 Å². The van der Waals surface area contributed by atoms with E-state index in [1.165, 1.54) is 6.26 Å². The van der Waals surface area contributed by atoms with Crippen LogP contribution in [0.2, 0.25) is 0 Å². The summed E-state index contributed by atoms with van der Waals surface area (Å²) in [7, 11) is -2.86. The zero-order valence-electron chi connectivity index (χ0n) is 6.66. The lowest BCUT2D eigenvalue weighted by atomic mass is 10.1. The Kier molecular flexibility index (Phi) is 2.54. The third kappa shape index (κ3) is 2.17. The van der Waals surface area contributed by atoms with Gasteiger partial charge in [-0.25, -0.2) is 8.42 Å². The van der Waals surface area contributed by atoms with Crippen LogP contribution in [0.25, 0.3) is 0 Å². The van der Waals surface area contributed by atoms with Crippen molar-refractivity contribution in [3.05, 3.63) is 0 Å². The number of aliphatic hydroxyl groups is 1. The highest BCUT2D eigenvalue weighted by Crippen LogP contribution is 2.29. The van der Waals surface area contributed by atoms with Crippen molar-refractivity contribution in [2.75, 3.05) is 12.9 Å². The van der Waals surface area contributed by atoms with Crippen LogP contribution in [0, 0.1) is 5.92 Å². The molecule has 3 nitrogen and oxygen atoms in total. The Bertz CT molecular complexity index is 220. The summed E-state index contributed by atoms with van der Waals surface area (Å²) in [4.78, 5) is 0. The second-order valence-electron chi connectivity index (χ2n) is 3.31. The van der Waals surface area contributed by atoms with E-state index in [0.717, 1.165) is 12.8 Å². The summed E-state index contributed by atoms with van der Waals surface area (Å²) in [6, 6.07) is 0. The lowest BCUT2D eigenvalue weighted by Crippen LogP contribution is -2.16. The van der Waals surface area contributed by atoms with Crippen LogP contribution in [-0.4, -0.2) is 31.6 Å². The number of rotatable bonds is 2. The number of sulfone groups is 1. The number of hydrogen-bond acceptors (Lipinski definition) is 3. The number of hydrogen-bond donors (Lipinski definition) is 1. The molecule has 0 spiro atoms. The van der Waals surface area contributed by atoms with E-state index >= 15 is 0 Å². The Balaban J connectivity index is 2.55. The second-order valence-corrected chi connectivity index (χ2v) is 5.64. The van der Waals surface area contributed by atoms with Crippen molar-refractivity contribution in [1.29, 1.82) is 0 Å². The smallest absolute Gasteiger partial charge is 0.150 e. The van der Waals surface area contributed by atoms with Crippen LogP contribution >= 0.6 is 0 Å². The van der Waals surface area contributed by atoms with Crippen LogP contribution in [0.1, 0.15) is 19.3 Å². The fourth-order valence-electron chi connectivity index (χ4n) is 1.58. The van der Waals surface area contributed by atoms with Crippen LogP contribution in [-0.2, 0) is 9.84 Å². The van der Waals surface area contributed by atoms with Gasteiger partial charge in [0.25, 0.3) is 0 Å². The average Bonchev–Trinajstić information content (AvgIpc) is 2.32. The van der Waals surface area contributed by atoms with Crippen LogP contribution < -0.4 is 0 Å². The summed E-state index contributed by atoms with van der Waals surface area (Å²) in [5, 5.41) is 8.56. The minimum absolute atomic E-state index is 0.131. The third-order valence-electron chi connectivity index (χ3n) is 2.36. The molecule has 0 bridgehead atoms. The maximum atomic E-state index is 11.0. The van der Waals surface area contributed by atoms with Gasteiger partial charge >= 0.3 is 0 Å². The van der Waals surface area contributed by atoms with Crippen molar-refractivity contribution < 1.29 is 13.5 Å². The first-order chi connectivity index (χ1) is 5.04. The zero-order chi connectivity index (χ0) is 8.48. The Morgan fingerprint density at radius 1 is 1.45 bits per heavy atom. The fraction of sp³-hybridized carbons (Fsp3) is 1.00. The summed E-state index contributed by atoms with van der Waals surface area (Å²) in [5.41, 5.74) is 0. The highest BCUT2D eigenvalue weighted by molar-refractivity contribution is 7.91. The van der Waals surface area contributed by atoms with Crippen LogP contribution in [0.3, 0.4) is 0 Å². The molecule has 1 rings (SSSR count). The van der Waals surface area contributed by atoms with Crippen LogP contribution in [0.15, 0.2) is 0 Å². The molecule has 0 aromatic heterocycles. The minimum atomic E-state index is -2.86. The molecule has 0 radical (unpaired) electrons. The minimum Gasteiger partial charge on any atom is -0.396 e. The molecule has 0 amide bonds. The van der Waals surface area contributed by atoms with E-state index in [-0.39, 0.29) is 17.8 Å². The Morgan fingerprint density at radius 3 is 2.36 bits per heavy atom. The molecule has 0 saturated heterocycles. The normalized spacial score (nSPS) is 32.5. The largest absolute Gasteiger partial charge is 0.396 e. The molecule has 1 fully saturated rings. The summed E-state index contributed by atoms with van der Waals surface area (Å²) < 4.78 is 22.0. The molecule has 0 unspecified atom stereocenters. The summed E-state index contributed by atoms with van der Waals surface area (Å²) in [5.74, 6) is 0.217. The molecule has 0 heterocycles. The maximum absolute atomic E-state index is 11.0. The van der Waals surface area contributed by atoms with Gasteiger partial charge in [-0.3, -0.25) is 0 Å². The van der Waals surface area contributed by atoms with E-state index < -0.39 is 9.84 Å². The zero-order valence-corrected chi connectivity index (χ0v) is 7.47. The van der Waals surface area contributed by atoms with Gasteiger partial charge in [0, 0.05) is 12.9 Å². The van der Waals surface area contributed by atoms with Crippen molar-refractivity contribution in [2.45, 2.75) is 24.5 Å². The van der Waals surface area contributed by atoms with Crippen molar-refractivity contribution >= 4 is 9.84 Å². The highest BCUT2D eigenvalue weighted by Gasteiger charge is 2.30. The SMILES string of the molecule is CS(=O)(=O)[C@@H]1CC[C@@H](CO)C1. The molecule has 1 aliphatic carbocycles. The van der Waals surface area contributed by atoms with Gasteiger partial charge in [0.05, 0.1) is 5.25 Å². The van der Waals surface area contributed by atoms with E-state index in [2.05, 4.69) is 0 Å². The fourth-order valence-corrected chi connectivity index (χ4v) is 2.77. The molecule has 1 aliphatic rings. The first kappa shape index (κ1) is 9.00. The maximum Gasteiger partial charge on any atom is 0.150 e. The monoisotopic (exact) mass is 178 g/mol. The van der Waals surface area contributed by atoms with E-state index in [0.29, 0.717) is 6.42 Å². The molecular weight excluding hydrogens is 164 g/mol. The number of aliphatic hydroxyl groups excluding tert-OH is 1. The predicted octanol–water partition coefficient (Wildman–Crippen LogP) is 0.192. The van der Waals surface area contributed by atoms with Gasteiger partial charge in [-0.2, -0.15) is 0 Å². The van der Waals surface area contributed by atoms with Crippen molar-refractivity contribution in [3.8, 4) is 0 Å². The lowest BCUT2D eigenvalue weighted by Gasteiger charge is -2.06. The lowest BCUT2D eigenvalue weighted by molar-refractivity contribution is 0.230. The van der Waals surface area contributed by atoms with E-state index in [1.807, 2.05) is 0 Å². The predicted molar refractivity (Wildman–Crippen MR) is 43.1 cm³/mol. The van der Waals surface area contributed by atoms with Crippen molar-refractivity contribution in [2.24, 2.45) is 5.92 Å². The second kappa shape index (κ2) is 3.11. The summed E-state index contributed by atoms with van der Waals surface area (Å²) in [6.07, 6.45) is 3.51. The molecule has 2 atom stereocenters. The standard InChI is InChI=1S/C7H14O3S/c1-11(9,10)7-3-2-6(4-7)5-8/h6-8H,2-5H2,1H3/t6-,7-/m1/s1. The van der Waals surface area contributed by atoms with Gasteiger partial charge < -0.3 is 5.11 Å². The van der Waals surface area contributed by atoms with Crippen LogP contribution in [0.4, 0.5) is 0 Å². The van der Waals surface area contributed by atoms with E-state index in [1.54, 1.807) is 0 Å². The Morgan fingerprint density at radius 2 is 2.09 bits per heavy atom. The quantitative estimate of drug-likeness (QED) is 0.657. The van der Waals surface area contributed by atoms with Gasteiger partial charge in [0.1, 0.15) is 9.84 Å². The molecule has 1 N–H and O–H groups in total. The first-order valence-electron chi connectivity index (χ1n) is 3.83. The summed E-state index contributed by atoms with van der Waals surface area (Å²) >= 11 is 0. The highest BCUT2D eigenvalue weighted by atomic mass is 32.2. The molecule has 0 aromatic carbocycles. The van der Waals surface area contributed by atoms with Crippen LogP contribution in [0.5, 0.6) is 0 Å². The molecule has 1 saturated carbocycles. The van der Waals surface area contributed by atoms with Gasteiger partial charge in [0.2, 0.25) is 0 Å². The van der Waals surface area contributed by atoms with Gasteiger partial charge in [-0.1, -0.05) is 0 Å². The first-order valence-corrected chi connectivity index (χ1v) is 5.79. The van der Waals surface area contributed by atoms with E-state index in [9.17, 15) is 8.42 Å². The Hall–Kier alpha value is -0.0900. The third-order valence-corrected chi connectivity index (χ3v) is 4.00. The summed E-state index contributed by atoms with van der Waals surface area (Å²) in [6.45, 7) is 0.131. The van der Waals surface area contributed by atoms with Gasteiger partial charge in [-0.05, 0) is 25.2 Å². The molecule has 66 valence electrons. The van der Waals surface area contributed by atoms with Crippen molar-refractivity contribution in [1.82, 2.24) is 0 Å². The average molecular weight is 178 g/mol.